The van der Waals surface area contributed by atoms with E-state index in [0.717, 1.165) is 5.56 Å². The summed E-state index contributed by atoms with van der Waals surface area (Å²) >= 11 is 0. The maximum absolute atomic E-state index is 11.7. The molecule has 0 radical (unpaired) electrons. The molecule has 0 N–H and O–H groups in total. The fourth-order valence-corrected chi connectivity index (χ4v) is 1.65. The van der Waals surface area contributed by atoms with Gasteiger partial charge in [-0.3, -0.25) is 14.4 Å². The molecule has 1 unspecified atom stereocenters. The summed E-state index contributed by atoms with van der Waals surface area (Å²) in [5, 5.41) is 0. The van der Waals surface area contributed by atoms with Crippen molar-refractivity contribution in [3.8, 4) is 0 Å². The number of esters is 1. The fourth-order valence-electron chi connectivity index (χ4n) is 1.65. The van der Waals surface area contributed by atoms with E-state index in [-0.39, 0.29) is 31.0 Å². The first kappa shape index (κ1) is 15.1. The Labute approximate surface area is 112 Å². The van der Waals surface area contributed by atoms with Crippen molar-refractivity contribution in [1.29, 1.82) is 0 Å². The quantitative estimate of drug-likeness (QED) is 0.559. The van der Waals surface area contributed by atoms with Crippen molar-refractivity contribution in [3.63, 3.8) is 0 Å². The summed E-state index contributed by atoms with van der Waals surface area (Å²) in [5.74, 6) is -1.34. The zero-order valence-electron chi connectivity index (χ0n) is 11.2. The average molecular weight is 262 g/mol. The predicted molar refractivity (Wildman–Crippen MR) is 70.3 cm³/mol. The summed E-state index contributed by atoms with van der Waals surface area (Å²) < 4.78 is 5.12. The molecule has 0 aliphatic rings. The largest absolute Gasteiger partial charge is 0.461 e. The zero-order chi connectivity index (χ0) is 14.3. The molecule has 0 fully saturated rings. The third-order valence-electron chi connectivity index (χ3n) is 2.61. The van der Waals surface area contributed by atoms with Gasteiger partial charge in [0, 0.05) is 6.42 Å². The number of carbonyl (C=O) groups excluding carboxylic acids is 3. The van der Waals surface area contributed by atoms with E-state index in [1.165, 1.54) is 6.92 Å². The summed E-state index contributed by atoms with van der Waals surface area (Å²) in [6.07, 6.45) is -0.0660. The molecule has 0 saturated carbocycles. The Kier molecular flexibility index (Phi) is 5.93. The lowest BCUT2D eigenvalue weighted by Gasteiger charge is -2.10. The molecule has 0 amide bonds. The van der Waals surface area contributed by atoms with Crippen LogP contribution < -0.4 is 0 Å². The molecule has 0 aromatic heterocycles. The van der Waals surface area contributed by atoms with Gasteiger partial charge in [-0.25, -0.2) is 0 Å². The Morgan fingerprint density at radius 2 is 1.79 bits per heavy atom. The normalized spacial score (nSPS) is 11.7. The summed E-state index contributed by atoms with van der Waals surface area (Å²) in [6, 6.07) is 9.33. The molecule has 1 aromatic carbocycles. The van der Waals surface area contributed by atoms with Crippen LogP contribution in [0.2, 0.25) is 0 Å². The van der Waals surface area contributed by atoms with Crippen molar-refractivity contribution < 1.29 is 19.1 Å². The van der Waals surface area contributed by atoms with Crippen molar-refractivity contribution in [1.82, 2.24) is 0 Å². The van der Waals surface area contributed by atoms with Crippen molar-refractivity contribution in [3.05, 3.63) is 35.9 Å². The maximum Gasteiger partial charge on any atom is 0.309 e. The molecule has 0 heterocycles. The van der Waals surface area contributed by atoms with Gasteiger partial charge in [-0.2, -0.15) is 0 Å². The molecule has 1 aromatic rings. The number of ketones is 2. The van der Waals surface area contributed by atoms with Crippen molar-refractivity contribution >= 4 is 17.5 Å². The monoisotopic (exact) mass is 262 g/mol. The van der Waals surface area contributed by atoms with Crippen LogP contribution in [0.5, 0.6) is 0 Å². The first-order valence-electron chi connectivity index (χ1n) is 6.20. The van der Waals surface area contributed by atoms with Crippen LogP contribution in [0.3, 0.4) is 0 Å². The minimum Gasteiger partial charge on any atom is -0.461 e. The predicted octanol–water partition coefficient (Wildman–Crippen LogP) is 2.30. The number of ether oxygens (including phenoxy) is 1. The van der Waals surface area contributed by atoms with Gasteiger partial charge in [-0.1, -0.05) is 37.3 Å². The van der Waals surface area contributed by atoms with Crippen LogP contribution in [0.4, 0.5) is 0 Å². The fraction of sp³-hybridized carbons (Fsp3) is 0.400. The van der Waals surface area contributed by atoms with Gasteiger partial charge in [-0.15, -0.1) is 0 Å². The van der Waals surface area contributed by atoms with Crippen LogP contribution >= 0.6 is 0 Å². The molecule has 0 spiro atoms. The highest BCUT2D eigenvalue weighted by Crippen LogP contribution is 2.09. The number of hydrogen-bond acceptors (Lipinski definition) is 4. The minimum atomic E-state index is -0.518. The summed E-state index contributed by atoms with van der Waals surface area (Å²) in [7, 11) is 0. The highest BCUT2D eigenvalue weighted by molar-refractivity contribution is 5.99. The van der Waals surface area contributed by atoms with E-state index >= 15 is 0 Å². The van der Waals surface area contributed by atoms with Crippen LogP contribution in [0, 0.1) is 5.92 Å². The number of carbonyl (C=O) groups is 3. The van der Waals surface area contributed by atoms with Gasteiger partial charge < -0.3 is 4.74 Å². The van der Waals surface area contributed by atoms with Gasteiger partial charge in [0.05, 0.1) is 12.3 Å². The van der Waals surface area contributed by atoms with E-state index in [1.54, 1.807) is 6.92 Å². The molecular formula is C15H18O4. The van der Waals surface area contributed by atoms with Crippen molar-refractivity contribution in [2.45, 2.75) is 33.3 Å². The SMILES string of the molecule is CC(=O)CC(=O)CC(C)C(=O)OCc1ccccc1. The van der Waals surface area contributed by atoms with Crippen molar-refractivity contribution in [2.75, 3.05) is 0 Å². The maximum atomic E-state index is 11.7. The zero-order valence-corrected chi connectivity index (χ0v) is 11.2. The van der Waals surface area contributed by atoms with Gasteiger partial charge in [0.25, 0.3) is 0 Å². The van der Waals surface area contributed by atoms with Crippen LogP contribution in [0.1, 0.15) is 32.3 Å². The highest BCUT2D eigenvalue weighted by atomic mass is 16.5. The molecule has 4 heteroatoms. The smallest absolute Gasteiger partial charge is 0.309 e. The van der Waals surface area contributed by atoms with E-state index in [1.807, 2.05) is 30.3 Å². The second kappa shape index (κ2) is 7.46. The van der Waals surface area contributed by atoms with Gasteiger partial charge in [-0.05, 0) is 12.5 Å². The first-order valence-corrected chi connectivity index (χ1v) is 6.20. The molecule has 0 aliphatic carbocycles. The second-order valence-corrected chi connectivity index (χ2v) is 4.62. The molecule has 0 bridgehead atoms. The molecule has 0 aliphatic heterocycles. The van der Waals surface area contributed by atoms with Crippen LogP contribution in [-0.2, 0) is 25.7 Å². The standard InChI is InChI=1S/C15H18O4/c1-11(8-14(17)9-12(2)16)15(18)19-10-13-6-4-3-5-7-13/h3-7,11H,8-10H2,1-2H3. The van der Waals surface area contributed by atoms with E-state index < -0.39 is 11.9 Å². The minimum absolute atomic E-state index is 0.0488. The first-order chi connectivity index (χ1) is 8.99. The molecule has 0 saturated heterocycles. The van der Waals surface area contributed by atoms with Gasteiger partial charge in [0.1, 0.15) is 18.2 Å². The Balaban J connectivity index is 2.36. The number of benzene rings is 1. The van der Waals surface area contributed by atoms with E-state index in [0.29, 0.717) is 0 Å². The molecule has 4 nitrogen and oxygen atoms in total. The second-order valence-electron chi connectivity index (χ2n) is 4.62. The van der Waals surface area contributed by atoms with Gasteiger partial charge >= 0.3 is 5.97 Å². The molecular weight excluding hydrogens is 244 g/mol. The third-order valence-corrected chi connectivity index (χ3v) is 2.61. The summed E-state index contributed by atoms with van der Waals surface area (Å²) in [4.78, 5) is 33.9. The lowest BCUT2D eigenvalue weighted by molar-refractivity contribution is -0.151. The topological polar surface area (TPSA) is 60.4 Å². The summed E-state index contributed by atoms with van der Waals surface area (Å²) in [5.41, 5.74) is 0.901. The third kappa shape index (κ3) is 5.95. The van der Waals surface area contributed by atoms with E-state index in [2.05, 4.69) is 0 Å². The molecule has 1 rings (SSSR count). The summed E-state index contributed by atoms with van der Waals surface area (Å²) in [6.45, 7) is 3.19. The number of Topliss-reactive ketones (excluding diaryl/α,β-unsaturated/α-hetero) is 2. The Bertz CT molecular complexity index is 450. The van der Waals surface area contributed by atoms with Gasteiger partial charge in [0.15, 0.2) is 0 Å². The lowest BCUT2D eigenvalue weighted by Crippen LogP contribution is -2.19. The Hall–Kier alpha value is -1.97. The molecule has 1 atom stereocenters. The van der Waals surface area contributed by atoms with Crippen LogP contribution in [0.25, 0.3) is 0 Å². The highest BCUT2D eigenvalue weighted by Gasteiger charge is 2.19. The molecule has 102 valence electrons. The van der Waals surface area contributed by atoms with Crippen LogP contribution in [-0.4, -0.2) is 17.5 Å². The Morgan fingerprint density at radius 1 is 1.16 bits per heavy atom. The lowest BCUT2D eigenvalue weighted by atomic mass is 10.0. The van der Waals surface area contributed by atoms with E-state index in [9.17, 15) is 14.4 Å². The molecule has 19 heavy (non-hydrogen) atoms. The van der Waals surface area contributed by atoms with Gasteiger partial charge in [0.2, 0.25) is 0 Å². The number of rotatable bonds is 7. The van der Waals surface area contributed by atoms with E-state index in [4.69, 9.17) is 4.74 Å². The van der Waals surface area contributed by atoms with Crippen molar-refractivity contribution in [2.24, 2.45) is 5.92 Å². The van der Waals surface area contributed by atoms with Crippen LogP contribution in [0.15, 0.2) is 30.3 Å². The Morgan fingerprint density at radius 3 is 2.37 bits per heavy atom. The average Bonchev–Trinajstić information content (AvgIpc) is 2.36. The number of hydrogen-bond donors (Lipinski definition) is 0.